The molecule has 2 nitrogen and oxygen atoms in total. The number of fused-ring (bicyclic) bond motifs is 1. The van der Waals surface area contributed by atoms with Crippen molar-refractivity contribution in [1.29, 1.82) is 0 Å². The molecule has 2 aromatic rings. The fourth-order valence-electron chi connectivity index (χ4n) is 0.930. The Bertz CT molecular complexity index is 404. The minimum atomic E-state index is -0.606. The third-order valence-electron chi connectivity index (χ3n) is 1.44. The molecule has 0 fully saturated rings. The lowest BCUT2D eigenvalue weighted by Crippen LogP contribution is -1.74. The predicted octanol–water partition coefficient (Wildman–Crippen LogP) is 2.21. The summed E-state index contributed by atoms with van der Waals surface area (Å²) in [5.41, 5.74) is 0.696. The van der Waals surface area contributed by atoms with Crippen molar-refractivity contribution in [3.05, 3.63) is 16.8 Å². The van der Waals surface area contributed by atoms with Gasteiger partial charge in [-0.1, -0.05) is 11.3 Å². The van der Waals surface area contributed by atoms with Gasteiger partial charge in [0.15, 0.2) is 11.5 Å². The average molecular weight is 174 g/mol. The molecule has 0 aromatic carbocycles. The Morgan fingerprint density at radius 1 is 1.45 bits per heavy atom. The molecule has 5 heteroatoms. The van der Waals surface area contributed by atoms with Crippen LogP contribution in [0.5, 0.6) is 0 Å². The van der Waals surface area contributed by atoms with Crippen molar-refractivity contribution < 1.29 is 8.78 Å². The van der Waals surface area contributed by atoms with E-state index in [1.807, 2.05) is 0 Å². The summed E-state index contributed by atoms with van der Waals surface area (Å²) >= 11 is 0.716. The number of hydrogen-bond acceptors (Lipinski definition) is 2. The third-order valence-corrected chi connectivity index (χ3v) is 2.27. The molecule has 0 aliphatic rings. The second kappa shape index (κ2) is 2.01. The number of hydrogen-bond donors (Lipinski definition) is 1. The van der Waals surface area contributed by atoms with Crippen molar-refractivity contribution in [3.63, 3.8) is 0 Å². The summed E-state index contributed by atoms with van der Waals surface area (Å²) in [4.78, 5) is 6.08. The van der Waals surface area contributed by atoms with Crippen molar-refractivity contribution in [2.24, 2.45) is 0 Å². The van der Waals surface area contributed by atoms with Crippen LogP contribution in [0, 0.1) is 18.0 Å². The molecule has 0 aliphatic heterocycles. The molecule has 2 rings (SSSR count). The third kappa shape index (κ3) is 0.841. The number of thiazole rings is 1. The molecule has 0 unspecified atom stereocenters. The van der Waals surface area contributed by atoms with E-state index in [-0.39, 0.29) is 4.70 Å². The van der Waals surface area contributed by atoms with Gasteiger partial charge in [0, 0.05) is 0 Å². The van der Waals surface area contributed by atoms with Gasteiger partial charge in [-0.15, -0.1) is 0 Å². The molecular formula is C6H4F2N2S. The number of halogens is 2. The maximum Gasteiger partial charge on any atom is 0.271 e. The SMILES string of the molecule is Cc1[nH]c2nc(F)sc2c1F. The Labute approximate surface area is 64.9 Å². The van der Waals surface area contributed by atoms with Gasteiger partial charge in [0.05, 0.1) is 5.69 Å². The highest BCUT2D eigenvalue weighted by Crippen LogP contribution is 2.25. The van der Waals surface area contributed by atoms with Crippen LogP contribution in [0.3, 0.4) is 0 Å². The van der Waals surface area contributed by atoms with Crippen molar-refractivity contribution >= 4 is 21.7 Å². The number of aromatic nitrogens is 2. The minimum Gasteiger partial charge on any atom is -0.340 e. The van der Waals surface area contributed by atoms with Crippen LogP contribution in [0.25, 0.3) is 10.3 Å². The Kier molecular flexibility index (Phi) is 1.23. The molecule has 0 saturated carbocycles. The van der Waals surface area contributed by atoms with Crippen LogP contribution in [-0.2, 0) is 0 Å². The highest BCUT2D eigenvalue weighted by atomic mass is 32.1. The number of aromatic amines is 1. The van der Waals surface area contributed by atoms with Crippen LogP contribution < -0.4 is 0 Å². The van der Waals surface area contributed by atoms with Gasteiger partial charge in [-0.05, 0) is 6.92 Å². The predicted molar refractivity (Wildman–Crippen MR) is 38.6 cm³/mol. The minimum absolute atomic E-state index is 0.264. The highest BCUT2D eigenvalue weighted by molar-refractivity contribution is 7.17. The van der Waals surface area contributed by atoms with E-state index < -0.39 is 11.1 Å². The van der Waals surface area contributed by atoms with Gasteiger partial charge in [0.2, 0.25) is 0 Å². The smallest absolute Gasteiger partial charge is 0.271 e. The topological polar surface area (TPSA) is 28.7 Å². The van der Waals surface area contributed by atoms with E-state index in [0.29, 0.717) is 22.7 Å². The Morgan fingerprint density at radius 2 is 2.18 bits per heavy atom. The first-order valence-electron chi connectivity index (χ1n) is 2.98. The maximum absolute atomic E-state index is 12.9. The molecule has 0 saturated heterocycles. The molecule has 2 heterocycles. The van der Waals surface area contributed by atoms with E-state index >= 15 is 0 Å². The molecule has 0 bridgehead atoms. The lowest BCUT2D eigenvalue weighted by Gasteiger charge is -1.80. The lowest BCUT2D eigenvalue weighted by molar-refractivity contribution is 0.618. The fourth-order valence-corrected chi connectivity index (χ4v) is 1.67. The van der Waals surface area contributed by atoms with E-state index in [4.69, 9.17) is 0 Å². The first-order valence-corrected chi connectivity index (χ1v) is 3.80. The largest absolute Gasteiger partial charge is 0.340 e. The average Bonchev–Trinajstić information content (AvgIpc) is 2.37. The van der Waals surface area contributed by atoms with Gasteiger partial charge in [0.1, 0.15) is 4.70 Å². The first kappa shape index (κ1) is 6.72. The number of H-pyrrole nitrogens is 1. The molecule has 58 valence electrons. The number of nitrogens with zero attached hydrogens (tertiary/aromatic N) is 1. The number of nitrogens with one attached hydrogen (secondary N) is 1. The molecule has 0 atom stereocenters. The molecule has 11 heavy (non-hydrogen) atoms. The maximum atomic E-state index is 12.9. The van der Waals surface area contributed by atoms with E-state index in [0.717, 1.165) is 0 Å². The van der Waals surface area contributed by atoms with E-state index in [2.05, 4.69) is 9.97 Å². The normalized spacial score (nSPS) is 11.2. The summed E-state index contributed by atoms with van der Waals surface area (Å²) in [6.07, 6.45) is 0. The zero-order chi connectivity index (χ0) is 8.01. The van der Waals surface area contributed by atoms with Crippen LogP contribution in [0.1, 0.15) is 5.69 Å². The Hall–Kier alpha value is -0.970. The first-order chi connectivity index (χ1) is 5.18. The van der Waals surface area contributed by atoms with Crippen molar-refractivity contribution in [2.45, 2.75) is 6.92 Å². The quantitative estimate of drug-likeness (QED) is 0.651. The van der Waals surface area contributed by atoms with Crippen LogP contribution in [0.2, 0.25) is 0 Å². The Balaban J connectivity index is 2.88. The monoisotopic (exact) mass is 174 g/mol. The van der Waals surface area contributed by atoms with Crippen LogP contribution in [-0.4, -0.2) is 9.97 Å². The van der Waals surface area contributed by atoms with Crippen molar-refractivity contribution in [2.75, 3.05) is 0 Å². The van der Waals surface area contributed by atoms with E-state index in [9.17, 15) is 8.78 Å². The lowest BCUT2D eigenvalue weighted by atomic mass is 10.5. The summed E-state index contributed by atoms with van der Waals surface area (Å²) in [6.45, 7) is 1.58. The summed E-state index contributed by atoms with van der Waals surface area (Å²) < 4.78 is 25.6. The summed E-state index contributed by atoms with van der Waals surface area (Å²) in [6, 6.07) is 0. The Morgan fingerprint density at radius 3 is 2.82 bits per heavy atom. The van der Waals surface area contributed by atoms with Crippen molar-refractivity contribution in [3.8, 4) is 0 Å². The van der Waals surface area contributed by atoms with Crippen LogP contribution in [0.4, 0.5) is 8.78 Å². The molecule has 0 radical (unpaired) electrons. The second-order valence-corrected chi connectivity index (χ2v) is 3.16. The standard InChI is InChI=1S/C6H4F2N2S/c1-2-3(7)4-5(9-2)10-6(8)11-4/h9H,1H3. The molecular weight excluding hydrogens is 170 g/mol. The molecule has 0 spiro atoms. The van der Waals surface area contributed by atoms with Gasteiger partial charge < -0.3 is 4.98 Å². The molecule has 1 N–H and O–H groups in total. The highest BCUT2D eigenvalue weighted by Gasteiger charge is 2.12. The van der Waals surface area contributed by atoms with Gasteiger partial charge in [-0.2, -0.15) is 9.37 Å². The zero-order valence-electron chi connectivity index (χ0n) is 5.61. The summed E-state index contributed by atoms with van der Waals surface area (Å²) in [5, 5.41) is -0.606. The summed E-state index contributed by atoms with van der Waals surface area (Å²) in [7, 11) is 0. The van der Waals surface area contributed by atoms with E-state index in [1.54, 1.807) is 6.92 Å². The van der Waals surface area contributed by atoms with Gasteiger partial charge in [-0.25, -0.2) is 4.39 Å². The number of rotatable bonds is 0. The number of aryl methyl sites for hydroxylation is 1. The van der Waals surface area contributed by atoms with Gasteiger partial charge in [-0.3, -0.25) is 0 Å². The van der Waals surface area contributed by atoms with Crippen LogP contribution in [0.15, 0.2) is 0 Å². The summed E-state index contributed by atoms with van der Waals surface area (Å²) in [5.74, 6) is -0.401. The fraction of sp³-hybridized carbons (Fsp3) is 0.167. The van der Waals surface area contributed by atoms with E-state index in [1.165, 1.54) is 0 Å². The van der Waals surface area contributed by atoms with Gasteiger partial charge >= 0.3 is 0 Å². The zero-order valence-corrected chi connectivity index (χ0v) is 6.43. The van der Waals surface area contributed by atoms with Crippen molar-refractivity contribution in [1.82, 2.24) is 9.97 Å². The molecule has 2 aromatic heterocycles. The second-order valence-electron chi connectivity index (χ2n) is 2.21. The molecule has 0 amide bonds. The molecule has 0 aliphatic carbocycles. The van der Waals surface area contributed by atoms with Crippen LogP contribution >= 0.6 is 11.3 Å². The van der Waals surface area contributed by atoms with Gasteiger partial charge in [0.25, 0.3) is 5.26 Å².